The Labute approximate surface area is 211 Å². The average Bonchev–Trinajstić information content (AvgIpc) is 2.81. The van der Waals surface area contributed by atoms with Crippen molar-refractivity contribution in [2.24, 2.45) is 11.8 Å². The lowest BCUT2D eigenvalue weighted by Gasteiger charge is -2.12. The molecule has 2 aromatic rings. The zero-order chi connectivity index (χ0) is 26.1. The second kappa shape index (κ2) is 12.9. The number of allylic oxidation sites excluding steroid dienone is 8. The van der Waals surface area contributed by atoms with Crippen LogP contribution in [-0.4, -0.2) is 31.7 Å². The van der Waals surface area contributed by atoms with E-state index in [9.17, 15) is 25.0 Å². The summed E-state index contributed by atoms with van der Waals surface area (Å²) in [4.78, 5) is 25.3. The van der Waals surface area contributed by atoms with E-state index in [2.05, 4.69) is 32.6 Å². The highest BCUT2D eigenvalue weighted by molar-refractivity contribution is 7.80. The molecule has 2 rings (SSSR count). The van der Waals surface area contributed by atoms with E-state index in [-0.39, 0.29) is 21.6 Å². The minimum absolute atomic E-state index is 0.0183. The van der Waals surface area contributed by atoms with Crippen molar-refractivity contribution >= 4 is 18.4 Å². The molecule has 7 heteroatoms. The van der Waals surface area contributed by atoms with E-state index in [0.29, 0.717) is 17.4 Å². The van der Waals surface area contributed by atoms with Gasteiger partial charge in [0, 0.05) is 5.56 Å². The maximum Gasteiger partial charge on any atom is 0.297 e. The van der Waals surface area contributed by atoms with Gasteiger partial charge < -0.3 is 15.4 Å². The van der Waals surface area contributed by atoms with E-state index in [1.807, 2.05) is 19.1 Å². The fraction of sp³-hybridized carbons (Fsp3) is 0.286. The van der Waals surface area contributed by atoms with Crippen LogP contribution in [0.15, 0.2) is 82.9 Å². The quantitative estimate of drug-likeness (QED) is 0.107. The molecule has 0 radical (unpaired) electrons. The molecule has 0 spiro atoms. The number of aromatic nitrogens is 1. The Kier molecular flexibility index (Phi) is 10.2. The first-order valence-corrected chi connectivity index (χ1v) is 12.0. The third-order valence-electron chi connectivity index (χ3n) is 5.49. The number of rotatable bonds is 10. The minimum atomic E-state index is -1.02. The second-order valence-electron chi connectivity index (χ2n) is 8.80. The molecule has 0 amide bonds. The number of ketones is 1. The van der Waals surface area contributed by atoms with Crippen LogP contribution in [0.2, 0.25) is 0 Å². The molecule has 0 aliphatic carbocycles. The number of phenolic OH excluding ortho intramolecular Hbond substituents is 1. The number of carbonyl (C=O) groups is 1. The van der Waals surface area contributed by atoms with Gasteiger partial charge in [-0.25, -0.2) is 0 Å². The Morgan fingerprint density at radius 1 is 1.09 bits per heavy atom. The van der Waals surface area contributed by atoms with Gasteiger partial charge in [-0.2, -0.15) is 17.4 Å². The molecule has 0 saturated heterocycles. The Morgan fingerprint density at radius 3 is 2.37 bits per heavy atom. The number of aromatic hydroxyl groups is 2. The lowest BCUT2D eigenvalue weighted by atomic mass is 9.96. The van der Waals surface area contributed by atoms with Crippen LogP contribution in [0.1, 0.15) is 44.5 Å². The molecule has 0 bridgehead atoms. The summed E-state index contributed by atoms with van der Waals surface area (Å²) in [5.41, 5.74) is 0.299. The largest absolute Gasteiger partial charge is 0.508 e. The monoisotopic (exact) mass is 495 g/mol. The first-order valence-electron chi connectivity index (χ1n) is 11.4. The summed E-state index contributed by atoms with van der Waals surface area (Å²) in [6.07, 6.45) is 13.1. The van der Waals surface area contributed by atoms with Crippen LogP contribution in [0.25, 0.3) is 11.1 Å². The molecule has 186 valence electrons. The molecule has 0 fully saturated rings. The minimum Gasteiger partial charge on any atom is -0.508 e. The van der Waals surface area contributed by atoms with Gasteiger partial charge in [0.05, 0.1) is 6.20 Å². The zero-order valence-electron chi connectivity index (χ0n) is 20.5. The summed E-state index contributed by atoms with van der Waals surface area (Å²) in [6.45, 7) is 7.91. The Morgan fingerprint density at radius 2 is 1.74 bits per heavy atom. The number of benzene rings is 1. The first-order chi connectivity index (χ1) is 16.5. The molecule has 3 N–H and O–H groups in total. The summed E-state index contributed by atoms with van der Waals surface area (Å²) in [5, 5.41) is 30.2. The standard InChI is InChI=1S/C28H33NO5S/c1-18(14-19(2)15-20(3)17-35)8-6-5-7-9-21(4)26(31)25-27(32)24(16-29(34)28(25)33)22-10-12-23(30)13-11-22/h5-14,16,19-20,30,32,34-35H,15,17H2,1-4H3/b7-5+,8-6+,18-14+,21-9+. The van der Waals surface area contributed by atoms with Gasteiger partial charge in [-0.15, -0.1) is 0 Å². The summed E-state index contributed by atoms with van der Waals surface area (Å²) in [6, 6.07) is 5.79. The van der Waals surface area contributed by atoms with E-state index in [0.717, 1.165) is 23.9 Å². The molecule has 6 nitrogen and oxygen atoms in total. The van der Waals surface area contributed by atoms with Crippen LogP contribution >= 0.6 is 12.6 Å². The maximum atomic E-state index is 12.9. The van der Waals surface area contributed by atoms with Crippen molar-refractivity contribution in [3.05, 3.63) is 94.0 Å². The van der Waals surface area contributed by atoms with Crippen LogP contribution in [0, 0.1) is 11.8 Å². The summed E-state index contributed by atoms with van der Waals surface area (Å²) >= 11 is 4.33. The molecular formula is C28H33NO5S. The smallest absolute Gasteiger partial charge is 0.297 e. The van der Waals surface area contributed by atoms with Gasteiger partial charge >= 0.3 is 0 Å². The van der Waals surface area contributed by atoms with Gasteiger partial charge in [0.25, 0.3) is 5.56 Å². The van der Waals surface area contributed by atoms with Gasteiger partial charge in [-0.05, 0) is 61.1 Å². The van der Waals surface area contributed by atoms with Crippen molar-refractivity contribution in [1.82, 2.24) is 4.73 Å². The third-order valence-corrected chi connectivity index (χ3v) is 6.11. The van der Waals surface area contributed by atoms with E-state index in [1.54, 1.807) is 12.2 Å². The first kappa shape index (κ1) is 27.8. The normalized spacial score (nSPS) is 14.5. The zero-order valence-corrected chi connectivity index (χ0v) is 21.4. The van der Waals surface area contributed by atoms with Gasteiger partial charge in [0.15, 0.2) is 5.78 Å². The summed E-state index contributed by atoms with van der Waals surface area (Å²) in [5.74, 6) is 0.659. The highest BCUT2D eigenvalue weighted by Gasteiger charge is 2.23. The van der Waals surface area contributed by atoms with Crippen molar-refractivity contribution in [2.45, 2.75) is 34.1 Å². The molecule has 1 heterocycles. The second-order valence-corrected chi connectivity index (χ2v) is 9.16. The predicted octanol–water partition coefficient (Wildman–Crippen LogP) is 5.94. The van der Waals surface area contributed by atoms with Crippen LogP contribution in [0.4, 0.5) is 0 Å². The lowest BCUT2D eigenvalue weighted by molar-refractivity contribution is 0.102. The molecule has 35 heavy (non-hydrogen) atoms. The molecule has 0 aliphatic heterocycles. The van der Waals surface area contributed by atoms with Crippen LogP contribution < -0.4 is 5.56 Å². The molecule has 1 aromatic carbocycles. The number of carbonyl (C=O) groups excluding carboxylic acids is 1. The number of thiol groups is 1. The molecule has 0 saturated carbocycles. The van der Waals surface area contributed by atoms with Crippen LogP contribution in [0.3, 0.4) is 0 Å². The van der Waals surface area contributed by atoms with Crippen molar-refractivity contribution in [3.63, 3.8) is 0 Å². The lowest BCUT2D eigenvalue weighted by Crippen LogP contribution is -2.25. The Balaban J connectivity index is 2.21. The van der Waals surface area contributed by atoms with Crippen LogP contribution in [0.5, 0.6) is 11.5 Å². The van der Waals surface area contributed by atoms with Crippen molar-refractivity contribution in [3.8, 4) is 22.6 Å². The topological polar surface area (TPSA) is 99.8 Å². The maximum absolute atomic E-state index is 12.9. The van der Waals surface area contributed by atoms with Crippen molar-refractivity contribution in [2.75, 3.05) is 5.75 Å². The van der Waals surface area contributed by atoms with E-state index in [1.165, 1.54) is 37.3 Å². The number of phenols is 1. The Bertz CT molecular complexity index is 1220. The highest BCUT2D eigenvalue weighted by Crippen LogP contribution is 2.32. The molecule has 2 unspecified atom stereocenters. The van der Waals surface area contributed by atoms with Crippen molar-refractivity contribution < 1.29 is 20.2 Å². The molecule has 2 atom stereocenters. The predicted molar refractivity (Wildman–Crippen MR) is 144 cm³/mol. The third kappa shape index (κ3) is 7.79. The fourth-order valence-electron chi connectivity index (χ4n) is 3.68. The van der Waals surface area contributed by atoms with E-state index in [4.69, 9.17) is 0 Å². The highest BCUT2D eigenvalue weighted by atomic mass is 32.1. The van der Waals surface area contributed by atoms with Gasteiger partial charge in [0.2, 0.25) is 0 Å². The van der Waals surface area contributed by atoms with Gasteiger partial charge in [-0.3, -0.25) is 9.59 Å². The van der Waals surface area contributed by atoms with Gasteiger partial charge in [-0.1, -0.05) is 68.0 Å². The van der Waals surface area contributed by atoms with E-state index >= 15 is 0 Å². The summed E-state index contributed by atoms with van der Waals surface area (Å²) in [7, 11) is 0. The van der Waals surface area contributed by atoms with Crippen LogP contribution in [-0.2, 0) is 0 Å². The van der Waals surface area contributed by atoms with Crippen molar-refractivity contribution in [1.29, 1.82) is 0 Å². The Hall–Kier alpha value is -3.45. The number of hydrogen-bond donors (Lipinski definition) is 4. The van der Waals surface area contributed by atoms with Gasteiger partial charge in [0.1, 0.15) is 17.1 Å². The molecular weight excluding hydrogens is 462 g/mol. The summed E-state index contributed by atoms with van der Waals surface area (Å²) < 4.78 is 0.272. The van der Waals surface area contributed by atoms with E-state index < -0.39 is 22.7 Å². The number of Topliss-reactive ketones (excluding diaryl/α,β-unsaturated/α-hetero) is 1. The number of pyridine rings is 1. The SMILES string of the molecule is CC(/C=C/C=C/C=C(\C)C(=O)c1c(O)c(-c2ccc(O)cc2)cn(O)c1=O)=C\C(C)CC(C)CS. The average molecular weight is 496 g/mol. The number of nitrogens with zero attached hydrogens (tertiary/aromatic N) is 1. The fourth-order valence-corrected chi connectivity index (χ4v) is 3.82. The number of hydrogen-bond acceptors (Lipinski definition) is 6. The molecule has 0 aliphatic rings. The molecule has 1 aromatic heterocycles.